The summed E-state index contributed by atoms with van der Waals surface area (Å²) in [5, 5.41) is 4.99. The minimum atomic E-state index is -1.18. The summed E-state index contributed by atoms with van der Waals surface area (Å²) in [5.41, 5.74) is 0.203. The van der Waals surface area contributed by atoms with Gasteiger partial charge in [0.25, 0.3) is 5.91 Å². The van der Waals surface area contributed by atoms with Crippen LogP contribution in [0.3, 0.4) is 0 Å². The van der Waals surface area contributed by atoms with E-state index in [1.807, 2.05) is 37.7 Å². The van der Waals surface area contributed by atoms with Crippen LogP contribution in [-0.2, 0) is 16.0 Å². The second kappa shape index (κ2) is 6.98. The fourth-order valence-corrected chi connectivity index (χ4v) is 3.98. The molecule has 0 saturated heterocycles. The van der Waals surface area contributed by atoms with Crippen molar-refractivity contribution in [2.24, 2.45) is 0 Å². The maximum atomic E-state index is 12.8. The summed E-state index contributed by atoms with van der Waals surface area (Å²) in [7, 11) is 3.96. The summed E-state index contributed by atoms with van der Waals surface area (Å²) in [6.07, 6.45) is 0.381. The lowest BCUT2D eigenvalue weighted by Crippen LogP contribution is -2.52. The van der Waals surface area contributed by atoms with Gasteiger partial charge < -0.3 is 15.0 Å². The second-order valence-electron chi connectivity index (χ2n) is 6.66. The van der Waals surface area contributed by atoms with Crippen LogP contribution >= 0.6 is 11.3 Å². The molecule has 0 radical (unpaired) electrons. The number of rotatable bonds is 5. The molecule has 2 heterocycles. The Morgan fingerprint density at radius 3 is 2.76 bits per heavy atom. The van der Waals surface area contributed by atoms with E-state index in [2.05, 4.69) is 16.3 Å². The summed E-state index contributed by atoms with van der Waals surface area (Å²) < 4.78 is 5.48. The Labute approximate surface area is 151 Å². The van der Waals surface area contributed by atoms with Gasteiger partial charge in [-0.05, 0) is 44.1 Å². The number of hydrogen-bond acceptors (Lipinski definition) is 5. The van der Waals surface area contributed by atoms with Crippen molar-refractivity contribution in [2.45, 2.75) is 25.0 Å². The van der Waals surface area contributed by atoms with Crippen LogP contribution in [0.1, 0.15) is 33.8 Å². The van der Waals surface area contributed by atoms with Crippen molar-refractivity contribution in [1.29, 1.82) is 0 Å². The van der Waals surface area contributed by atoms with Crippen LogP contribution < -0.4 is 5.32 Å². The van der Waals surface area contributed by atoms with Gasteiger partial charge in [-0.25, -0.2) is 4.79 Å². The van der Waals surface area contributed by atoms with E-state index in [1.54, 1.807) is 30.4 Å². The molecule has 0 spiro atoms. The van der Waals surface area contributed by atoms with E-state index in [9.17, 15) is 9.59 Å². The van der Waals surface area contributed by atoms with E-state index < -0.39 is 11.6 Å². The number of carbonyl (C=O) groups is 2. The number of fused-ring (bicyclic) bond motifs is 1. The SMILES string of the molecule is CN(C)C(CNC(=O)C1(C)Cc2ccccc2C(=O)O1)c1cccs1. The van der Waals surface area contributed by atoms with Crippen molar-refractivity contribution in [3.8, 4) is 0 Å². The molecule has 5 nitrogen and oxygen atoms in total. The molecular weight excluding hydrogens is 336 g/mol. The molecule has 2 aromatic rings. The number of amides is 1. The Morgan fingerprint density at radius 2 is 2.08 bits per heavy atom. The summed E-state index contributed by atoms with van der Waals surface area (Å²) in [5.74, 6) is -0.708. The Hall–Kier alpha value is -2.18. The number of likely N-dealkylation sites (N-methyl/N-ethyl adjacent to an activating group) is 1. The summed E-state index contributed by atoms with van der Waals surface area (Å²) in [4.78, 5) is 28.2. The maximum Gasteiger partial charge on any atom is 0.339 e. The second-order valence-corrected chi connectivity index (χ2v) is 7.64. The standard InChI is InChI=1S/C19H22N2O3S/c1-19(11-13-7-4-5-8-14(13)17(22)24-19)18(23)20-12-15(21(2)3)16-9-6-10-25-16/h4-10,15H,11-12H2,1-3H3,(H,20,23). The first-order valence-electron chi connectivity index (χ1n) is 8.20. The summed E-state index contributed by atoms with van der Waals surface area (Å²) in [6, 6.07) is 11.4. The van der Waals surface area contributed by atoms with Crippen molar-refractivity contribution < 1.29 is 14.3 Å². The largest absolute Gasteiger partial charge is 0.445 e. The highest BCUT2D eigenvalue weighted by Crippen LogP contribution is 2.29. The number of thiophene rings is 1. The van der Waals surface area contributed by atoms with Gasteiger partial charge in [0.2, 0.25) is 0 Å². The van der Waals surface area contributed by atoms with Gasteiger partial charge in [0.05, 0.1) is 11.6 Å². The van der Waals surface area contributed by atoms with Crippen LogP contribution in [-0.4, -0.2) is 43.0 Å². The quantitative estimate of drug-likeness (QED) is 0.835. The van der Waals surface area contributed by atoms with Crippen LogP contribution in [0.2, 0.25) is 0 Å². The number of hydrogen-bond donors (Lipinski definition) is 1. The highest BCUT2D eigenvalue weighted by atomic mass is 32.1. The van der Waals surface area contributed by atoms with E-state index in [4.69, 9.17) is 4.74 Å². The zero-order chi connectivity index (χ0) is 18.0. The molecule has 1 N–H and O–H groups in total. The van der Waals surface area contributed by atoms with Crippen LogP contribution in [0.5, 0.6) is 0 Å². The van der Waals surface area contributed by atoms with Gasteiger partial charge in [-0.1, -0.05) is 24.3 Å². The number of esters is 1. The molecule has 2 unspecified atom stereocenters. The molecule has 1 aromatic carbocycles. The Bertz CT molecular complexity index is 773. The minimum absolute atomic E-state index is 0.0825. The first kappa shape index (κ1) is 17.6. The molecule has 1 aliphatic heterocycles. The number of carbonyl (C=O) groups excluding carboxylic acids is 2. The van der Waals surface area contributed by atoms with Crippen molar-refractivity contribution in [3.63, 3.8) is 0 Å². The van der Waals surface area contributed by atoms with E-state index in [-0.39, 0.29) is 11.9 Å². The van der Waals surface area contributed by atoms with E-state index >= 15 is 0 Å². The lowest BCUT2D eigenvalue weighted by atomic mass is 9.89. The molecule has 132 valence electrons. The number of cyclic esters (lactones) is 1. The first-order chi connectivity index (χ1) is 11.9. The Kier molecular flexibility index (Phi) is 4.92. The molecule has 1 amide bonds. The lowest BCUT2D eigenvalue weighted by Gasteiger charge is -2.34. The summed E-state index contributed by atoms with van der Waals surface area (Å²) >= 11 is 1.66. The van der Waals surface area contributed by atoms with Gasteiger partial charge in [0.15, 0.2) is 5.60 Å². The fourth-order valence-electron chi connectivity index (χ4n) is 3.05. The smallest absolute Gasteiger partial charge is 0.339 e. The van der Waals surface area contributed by atoms with E-state index in [0.717, 1.165) is 5.56 Å². The van der Waals surface area contributed by atoms with Crippen LogP contribution in [0.4, 0.5) is 0 Å². The average Bonchev–Trinajstić information content (AvgIpc) is 3.08. The molecule has 0 saturated carbocycles. The third-order valence-corrected chi connectivity index (χ3v) is 5.49. The minimum Gasteiger partial charge on any atom is -0.445 e. The van der Waals surface area contributed by atoms with Gasteiger partial charge in [-0.2, -0.15) is 0 Å². The summed E-state index contributed by atoms with van der Waals surface area (Å²) in [6.45, 7) is 2.13. The third kappa shape index (κ3) is 3.60. The van der Waals surface area contributed by atoms with Crippen LogP contribution in [0.25, 0.3) is 0 Å². The predicted molar refractivity (Wildman–Crippen MR) is 97.7 cm³/mol. The monoisotopic (exact) mass is 358 g/mol. The Balaban J connectivity index is 1.72. The van der Waals surface area contributed by atoms with Gasteiger partial charge in [0.1, 0.15) is 0 Å². The molecule has 25 heavy (non-hydrogen) atoms. The Morgan fingerprint density at radius 1 is 1.32 bits per heavy atom. The number of ether oxygens (including phenoxy) is 1. The molecular formula is C19H22N2O3S. The van der Waals surface area contributed by atoms with E-state index in [0.29, 0.717) is 18.5 Å². The van der Waals surface area contributed by atoms with E-state index in [1.165, 1.54) is 4.88 Å². The molecule has 1 aliphatic rings. The fraction of sp³-hybridized carbons (Fsp3) is 0.368. The topological polar surface area (TPSA) is 58.6 Å². The van der Waals surface area contributed by atoms with Crippen molar-refractivity contribution in [2.75, 3.05) is 20.6 Å². The molecule has 0 bridgehead atoms. The molecule has 0 aliphatic carbocycles. The van der Waals surface area contributed by atoms with Gasteiger partial charge in [0, 0.05) is 17.8 Å². The average molecular weight is 358 g/mol. The third-order valence-electron chi connectivity index (χ3n) is 4.51. The normalized spacial score (nSPS) is 20.7. The molecule has 3 rings (SSSR count). The molecule has 0 fully saturated rings. The first-order valence-corrected chi connectivity index (χ1v) is 9.08. The molecule has 6 heteroatoms. The number of benzene rings is 1. The number of nitrogens with zero attached hydrogens (tertiary/aromatic N) is 1. The van der Waals surface area contributed by atoms with Crippen molar-refractivity contribution in [1.82, 2.24) is 10.2 Å². The zero-order valence-corrected chi connectivity index (χ0v) is 15.4. The molecule has 1 aromatic heterocycles. The van der Waals surface area contributed by atoms with Gasteiger partial charge >= 0.3 is 5.97 Å². The van der Waals surface area contributed by atoms with Crippen LogP contribution in [0, 0.1) is 0 Å². The lowest BCUT2D eigenvalue weighted by molar-refractivity contribution is -0.140. The van der Waals surface area contributed by atoms with Crippen molar-refractivity contribution in [3.05, 3.63) is 57.8 Å². The van der Waals surface area contributed by atoms with Crippen molar-refractivity contribution >= 4 is 23.2 Å². The van der Waals surface area contributed by atoms with Gasteiger partial charge in [-0.3, -0.25) is 4.79 Å². The number of nitrogens with one attached hydrogen (secondary N) is 1. The molecule has 2 atom stereocenters. The predicted octanol–water partition coefficient (Wildman–Crippen LogP) is 2.64. The van der Waals surface area contributed by atoms with Crippen LogP contribution in [0.15, 0.2) is 41.8 Å². The van der Waals surface area contributed by atoms with Gasteiger partial charge in [-0.15, -0.1) is 11.3 Å². The highest BCUT2D eigenvalue weighted by Gasteiger charge is 2.42. The highest BCUT2D eigenvalue weighted by molar-refractivity contribution is 7.10. The zero-order valence-electron chi connectivity index (χ0n) is 14.6. The maximum absolute atomic E-state index is 12.8.